The Morgan fingerprint density at radius 1 is 1.17 bits per heavy atom. The Morgan fingerprint density at radius 2 is 1.94 bits per heavy atom. The molecule has 1 heterocycles. The van der Waals surface area contributed by atoms with Crippen LogP contribution >= 0.6 is 11.8 Å². The molecule has 0 saturated heterocycles. The molecule has 4 nitrogen and oxygen atoms in total. The van der Waals surface area contributed by atoms with Gasteiger partial charge in [0.1, 0.15) is 0 Å². The molecule has 5 rings (SSSR count). The molecule has 1 unspecified atom stereocenters. The summed E-state index contributed by atoms with van der Waals surface area (Å²) in [4.78, 5) is 18.6. The summed E-state index contributed by atoms with van der Waals surface area (Å²) in [5.41, 5.74) is 3.90. The molecule has 1 fully saturated rings. The van der Waals surface area contributed by atoms with Crippen molar-refractivity contribution in [2.24, 2.45) is 5.41 Å². The fraction of sp³-hybridized carbons (Fsp3) is 0.448. The van der Waals surface area contributed by atoms with Crippen LogP contribution in [0.3, 0.4) is 0 Å². The zero-order valence-electron chi connectivity index (χ0n) is 21.0. The predicted molar refractivity (Wildman–Crippen MR) is 146 cm³/mol. The average Bonchev–Trinajstić information content (AvgIpc) is 3.60. The summed E-state index contributed by atoms with van der Waals surface area (Å²) in [5, 5.41) is 12.7. The van der Waals surface area contributed by atoms with Gasteiger partial charge in [-0.3, -0.25) is 9.78 Å². The zero-order valence-corrected chi connectivity index (χ0v) is 22.8. The smallest absolute Gasteiger partial charge is 0.312 e. The summed E-state index contributed by atoms with van der Waals surface area (Å²) in [6, 6.07) is 16.0. The van der Waals surface area contributed by atoms with Gasteiger partial charge in [0, 0.05) is 48.5 Å². The van der Waals surface area contributed by atoms with Crippen molar-refractivity contribution in [1.82, 2.24) is 4.98 Å². The molecule has 35 heavy (non-hydrogen) atoms. The molecule has 1 atom stereocenters. The highest BCUT2D eigenvalue weighted by Crippen LogP contribution is 2.47. The fourth-order valence-corrected chi connectivity index (χ4v) is 6.92. The molecule has 1 N–H and O–H groups in total. The number of fused-ring (bicyclic) bond motifs is 2. The first kappa shape index (κ1) is 24.5. The number of aromatic nitrogens is 1. The normalized spacial score (nSPS) is 19.7. The Morgan fingerprint density at radius 3 is 2.63 bits per heavy atom. The van der Waals surface area contributed by atoms with Crippen molar-refractivity contribution in [3.05, 3.63) is 71.0 Å². The van der Waals surface area contributed by atoms with Crippen LogP contribution in [0.25, 0.3) is 10.8 Å². The molecule has 0 aliphatic heterocycles. The van der Waals surface area contributed by atoms with E-state index < -0.39 is 19.5 Å². The molecule has 0 bridgehead atoms. The summed E-state index contributed by atoms with van der Waals surface area (Å²) >= 11 is 1.84. The van der Waals surface area contributed by atoms with Crippen LogP contribution in [0.1, 0.15) is 41.1 Å². The molecule has 2 aliphatic carbocycles. The van der Waals surface area contributed by atoms with Gasteiger partial charge in [-0.1, -0.05) is 50.0 Å². The van der Waals surface area contributed by atoms with Crippen LogP contribution in [-0.4, -0.2) is 37.3 Å². The molecule has 6 heteroatoms. The first-order valence-electron chi connectivity index (χ1n) is 12.7. The van der Waals surface area contributed by atoms with E-state index in [1.54, 1.807) is 0 Å². The monoisotopic (exact) mass is 505 g/mol. The highest BCUT2D eigenvalue weighted by molar-refractivity contribution is 7.98. The van der Waals surface area contributed by atoms with Gasteiger partial charge in [-0.2, -0.15) is 0 Å². The highest BCUT2D eigenvalue weighted by Gasteiger charge is 2.46. The Balaban J connectivity index is 1.48. The van der Waals surface area contributed by atoms with Gasteiger partial charge in [-0.05, 0) is 65.9 Å². The standard InChI is InChI=1S/C29H35NO3SSi/c1-35(2,3)12-11-33-19-29(28(31)32)15-22-13-23-17-30-26(21-9-10-21)14-24(23)27(25(22)16-29)34-18-20-7-5-4-6-8-20/h4-8,13-14,17,21H,9-12,15-16,18-19H2,1-3H3,(H,31,32). The number of carbonyl (C=O) groups is 1. The number of hydrogen-bond acceptors (Lipinski definition) is 4. The van der Waals surface area contributed by atoms with Gasteiger partial charge in [-0.15, -0.1) is 11.8 Å². The third-order valence-electron chi connectivity index (χ3n) is 7.29. The van der Waals surface area contributed by atoms with Crippen LogP contribution in [0.5, 0.6) is 0 Å². The van der Waals surface area contributed by atoms with E-state index in [0.29, 0.717) is 25.4 Å². The molecule has 0 spiro atoms. The lowest BCUT2D eigenvalue weighted by Crippen LogP contribution is -2.37. The van der Waals surface area contributed by atoms with E-state index >= 15 is 0 Å². The summed E-state index contributed by atoms with van der Waals surface area (Å²) in [5.74, 6) is 0.694. The van der Waals surface area contributed by atoms with Crippen molar-refractivity contribution < 1.29 is 14.6 Å². The summed E-state index contributed by atoms with van der Waals surface area (Å²) in [6.07, 6.45) is 5.48. The van der Waals surface area contributed by atoms with E-state index in [2.05, 4.69) is 56.0 Å². The number of hydrogen-bond donors (Lipinski definition) is 1. The molecule has 2 aliphatic rings. The number of carboxylic acids is 1. The van der Waals surface area contributed by atoms with Gasteiger partial charge >= 0.3 is 5.97 Å². The molecule has 1 aromatic heterocycles. The summed E-state index contributed by atoms with van der Waals surface area (Å²) in [6.45, 7) is 7.88. The van der Waals surface area contributed by atoms with Crippen molar-refractivity contribution in [2.45, 2.75) is 67.9 Å². The predicted octanol–water partition coefficient (Wildman–Crippen LogP) is 6.93. The molecule has 0 amide bonds. The van der Waals surface area contributed by atoms with Gasteiger partial charge in [0.25, 0.3) is 0 Å². The number of carboxylic acid groups (broad SMARTS) is 1. The Hall–Kier alpha value is -2.15. The number of rotatable bonds is 10. The Bertz CT molecular complexity index is 1240. The minimum atomic E-state index is -1.23. The van der Waals surface area contributed by atoms with Crippen molar-refractivity contribution in [2.75, 3.05) is 13.2 Å². The Kier molecular flexibility index (Phi) is 6.81. The van der Waals surface area contributed by atoms with Crippen molar-refractivity contribution >= 4 is 36.6 Å². The molecule has 0 radical (unpaired) electrons. The number of aliphatic carboxylic acids is 1. The van der Waals surface area contributed by atoms with Gasteiger partial charge in [0.2, 0.25) is 0 Å². The molecule has 1 saturated carbocycles. The van der Waals surface area contributed by atoms with Crippen LogP contribution in [0, 0.1) is 5.41 Å². The van der Waals surface area contributed by atoms with Crippen LogP contribution in [-0.2, 0) is 28.1 Å². The first-order valence-corrected chi connectivity index (χ1v) is 17.4. The van der Waals surface area contributed by atoms with E-state index in [0.717, 1.165) is 22.7 Å². The number of thioether (sulfide) groups is 1. The van der Waals surface area contributed by atoms with Crippen LogP contribution in [0.15, 0.2) is 53.6 Å². The second-order valence-corrected chi connectivity index (χ2v) is 18.1. The minimum absolute atomic E-state index is 0.270. The van der Waals surface area contributed by atoms with Crippen LogP contribution in [0.4, 0.5) is 0 Å². The van der Waals surface area contributed by atoms with E-state index in [4.69, 9.17) is 9.72 Å². The van der Waals surface area contributed by atoms with E-state index in [9.17, 15) is 9.90 Å². The maximum absolute atomic E-state index is 12.6. The summed E-state index contributed by atoms with van der Waals surface area (Å²) in [7, 11) is -1.23. The molecular weight excluding hydrogens is 470 g/mol. The average molecular weight is 506 g/mol. The van der Waals surface area contributed by atoms with Crippen molar-refractivity contribution in [1.29, 1.82) is 0 Å². The van der Waals surface area contributed by atoms with E-state index in [-0.39, 0.29) is 6.61 Å². The zero-order chi connectivity index (χ0) is 24.6. The lowest BCUT2D eigenvalue weighted by molar-refractivity contribution is -0.152. The van der Waals surface area contributed by atoms with Gasteiger partial charge < -0.3 is 9.84 Å². The molecular formula is C29H35NO3SSi. The topological polar surface area (TPSA) is 59.4 Å². The maximum atomic E-state index is 12.6. The third kappa shape index (κ3) is 5.50. The third-order valence-corrected chi connectivity index (χ3v) is 10.2. The molecule has 184 valence electrons. The molecule has 2 aromatic carbocycles. The van der Waals surface area contributed by atoms with Gasteiger partial charge in [0.05, 0.1) is 12.0 Å². The number of nitrogens with zero attached hydrogens (tertiary/aromatic N) is 1. The minimum Gasteiger partial charge on any atom is -0.481 e. The number of pyridine rings is 1. The largest absolute Gasteiger partial charge is 0.481 e. The second kappa shape index (κ2) is 9.72. The number of ether oxygens (including phenoxy) is 1. The van der Waals surface area contributed by atoms with Crippen molar-refractivity contribution in [3.63, 3.8) is 0 Å². The van der Waals surface area contributed by atoms with E-state index in [1.165, 1.54) is 39.9 Å². The fourth-order valence-electron chi connectivity index (χ4n) is 4.95. The lowest BCUT2D eigenvalue weighted by Gasteiger charge is -2.25. The number of benzene rings is 2. The first-order chi connectivity index (χ1) is 16.7. The van der Waals surface area contributed by atoms with Gasteiger partial charge in [-0.25, -0.2) is 0 Å². The van der Waals surface area contributed by atoms with Crippen LogP contribution < -0.4 is 0 Å². The SMILES string of the molecule is C[Si](C)(C)CCOCC1(C(=O)O)Cc2cc3cnc(C4CC4)cc3c(SCc3ccccc3)c2C1. The maximum Gasteiger partial charge on any atom is 0.312 e. The summed E-state index contributed by atoms with van der Waals surface area (Å²) < 4.78 is 6.05. The van der Waals surface area contributed by atoms with E-state index in [1.807, 2.05) is 24.0 Å². The van der Waals surface area contributed by atoms with Gasteiger partial charge in [0.15, 0.2) is 0 Å². The second-order valence-electron chi connectivity index (χ2n) is 11.5. The van der Waals surface area contributed by atoms with Crippen LogP contribution in [0.2, 0.25) is 25.7 Å². The molecule has 3 aromatic rings. The lowest BCUT2D eigenvalue weighted by atomic mass is 9.86. The Labute approximate surface area is 213 Å². The highest BCUT2D eigenvalue weighted by atomic mass is 32.2. The van der Waals surface area contributed by atoms with Crippen molar-refractivity contribution in [3.8, 4) is 0 Å². The quantitative estimate of drug-likeness (QED) is 0.184.